The van der Waals surface area contributed by atoms with Crippen LogP contribution < -0.4 is 5.32 Å². The molecule has 1 aromatic rings. The molecule has 1 N–H and O–H groups in total. The van der Waals surface area contributed by atoms with Crippen LogP contribution in [0.4, 0.5) is 4.39 Å². The van der Waals surface area contributed by atoms with Gasteiger partial charge in [0.1, 0.15) is 11.6 Å². The van der Waals surface area contributed by atoms with E-state index in [1.54, 1.807) is 6.07 Å². The van der Waals surface area contributed by atoms with Crippen molar-refractivity contribution in [2.75, 3.05) is 5.75 Å². The van der Waals surface area contributed by atoms with Gasteiger partial charge in [-0.3, -0.25) is 4.79 Å². The molecule has 2 atom stereocenters. The summed E-state index contributed by atoms with van der Waals surface area (Å²) in [5.74, 6) is -1.73. The van der Waals surface area contributed by atoms with Gasteiger partial charge in [-0.1, -0.05) is 38.0 Å². The van der Waals surface area contributed by atoms with Gasteiger partial charge in [0.2, 0.25) is 5.91 Å². The van der Waals surface area contributed by atoms with Crippen LogP contribution in [0.5, 0.6) is 0 Å². The minimum atomic E-state index is -3.68. The van der Waals surface area contributed by atoms with Crippen molar-refractivity contribution in [1.82, 2.24) is 5.32 Å². The van der Waals surface area contributed by atoms with Crippen molar-refractivity contribution in [3.63, 3.8) is 0 Å². The summed E-state index contributed by atoms with van der Waals surface area (Å²) in [7, 11) is -3.68. The summed E-state index contributed by atoms with van der Waals surface area (Å²) >= 11 is 0. The van der Waals surface area contributed by atoms with Gasteiger partial charge < -0.3 is 5.32 Å². The van der Waals surface area contributed by atoms with Gasteiger partial charge >= 0.3 is 0 Å². The first kappa shape index (κ1) is 16.9. The number of rotatable bonds is 5. The Bertz CT molecular complexity index is 630. The summed E-state index contributed by atoms with van der Waals surface area (Å²) in [6, 6.07) is 5.77. The van der Waals surface area contributed by atoms with Crippen LogP contribution >= 0.6 is 0 Å². The van der Waals surface area contributed by atoms with Crippen molar-refractivity contribution in [1.29, 1.82) is 0 Å². The summed E-state index contributed by atoms with van der Waals surface area (Å²) in [6.07, 6.45) is 4.14. The Morgan fingerprint density at radius 3 is 2.64 bits per heavy atom. The summed E-state index contributed by atoms with van der Waals surface area (Å²) in [6.45, 7) is 2.07. The molecule has 1 amide bonds. The van der Waals surface area contributed by atoms with E-state index in [1.165, 1.54) is 18.2 Å². The monoisotopic (exact) mass is 327 g/mol. The van der Waals surface area contributed by atoms with E-state index in [9.17, 15) is 17.6 Å². The maximum absolute atomic E-state index is 13.5. The summed E-state index contributed by atoms with van der Waals surface area (Å²) < 4.78 is 37.6. The van der Waals surface area contributed by atoms with Crippen LogP contribution in [0.3, 0.4) is 0 Å². The first-order valence-corrected chi connectivity index (χ1v) is 9.43. The number of amides is 1. The third-order valence-electron chi connectivity index (χ3n) is 4.14. The van der Waals surface area contributed by atoms with Crippen molar-refractivity contribution in [3.05, 3.63) is 35.6 Å². The number of nitrogens with one attached hydrogen (secondary N) is 1. The van der Waals surface area contributed by atoms with Gasteiger partial charge in [0.15, 0.2) is 9.84 Å². The van der Waals surface area contributed by atoms with Crippen LogP contribution in [0.15, 0.2) is 24.3 Å². The first-order valence-electron chi connectivity index (χ1n) is 7.60. The van der Waals surface area contributed by atoms with Gasteiger partial charge in [-0.15, -0.1) is 0 Å². The standard InChI is InChI=1S/C16H22FNO3S/c1-12-6-2-5-9-15(12)18-16(19)11-22(20,21)10-13-7-3-4-8-14(13)17/h3-4,7-8,12,15H,2,5-6,9-11H2,1H3,(H,18,19). The van der Waals surface area contributed by atoms with E-state index in [1.807, 2.05) is 0 Å². The Kier molecular flexibility index (Phi) is 5.56. The molecule has 2 unspecified atom stereocenters. The van der Waals surface area contributed by atoms with E-state index in [0.717, 1.165) is 25.7 Å². The molecular formula is C16H22FNO3S. The molecule has 1 aromatic carbocycles. The maximum atomic E-state index is 13.5. The molecule has 0 spiro atoms. The Labute approximate surface area is 131 Å². The molecule has 122 valence electrons. The molecule has 6 heteroatoms. The predicted octanol–water partition coefficient (Wildman–Crippen LogP) is 2.44. The molecule has 1 aliphatic rings. The van der Waals surface area contributed by atoms with E-state index in [4.69, 9.17) is 0 Å². The minimum absolute atomic E-state index is 0.0462. The lowest BCUT2D eigenvalue weighted by Gasteiger charge is -2.29. The Hall–Kier alpha value is -1.43. The lowest BCUT2D eigenvalue weighted by Crippen LogP contribution is -2.43. The van der Waals surface area contributed by atoms with E-state index < -0.39 is 33.1 Å². The molecule has 0 saturated heterocycles. The number of hydrogen-bond acceptors (Lipinski definition) is 3. The van der Waals surface area contributed by atoms with Crippen molar-refractivity contribution >= 4 is 15.7 Å². The average molecular weight is 327 g/mol. The summed E-state index contributed by atoms with van der Waals surface area (Å²) in [5, 5.41) is 2.81. The number of benzene rings is 1. The van der Waals surface area contributed by atoms with Crippen molar-refractivity contribution in [3.8, 4) is 0 Å². The van der Waals surface area contributed by atoms with Crippen molar-refractivity contribution < 1.29 is 17.6 Å². The van der Waals surface area contributed by atoms with Crippen LogP contribution in [-0.4, -0.2) is 26.1 Å². The second-order valence-corrected chi connectivity index (χ2v) is 8.12. The molecule has 0 bridgehead atoms. The molecule has 22 heavy (non-hydrogen) atoms. The number of carbonyl (C=O) groups is 1. The second kappa shape index (κ2) is 7.22. The van der Waals surface area contributed by atoms with Crippen molar-refractivity contribution in [2.45, 2.75) is 44.4 Å². The van der Waals surface area contributed by atoms with Gasteiger partial charge in [-0.25, -0.2) is 12.8 Å². The van der Waals surface area contributed by atoms with Gasteiger partial charge in [-0.05, 0) is 24.8 Å². The average Bonchev–Trinajstić information content (AvgIpc) is 2.43. The topological polar surface area (TPSA) is 63.2 Å². The van der Waals surface area contributed by atoms with Crippen LogP contribution in [0.25, 0.3) is 0 Å². The fraction of sp³-hybridized carbons (Fsp3) is 0.562. The molecule has 1 fully saturated rings. The van der Waals surface area contributed by atoms with Gasteiger partial charge in [-0.2, -0.15) is 0 Å². The van der Waals surface area contributed by atoms with Crippen LogP contribution in [0.2, 0.25) is 0 Å². The van der Waals surface area contributed by atoms with Gasteiger partial charge in [0, 0.05) is 11.6 Å². The van der Waals surface area contributed by atoms with Crippen LogP contribution in [-0.2, 0) is 20.4 Å². The predicted molar refractivity (Wildman–Crippen MR) is 83.5 cm³/mol. The third-order valence-corrected chi connectivity index (χ3v) is 5.59. The van der Waals surface area contributed by atoms with Gasteiger partial charge in [0.05, 0.1) is 5.75 Å². The fourth-order valence-corrected chi connectivity index (χ4v) is 4.18. The third kappa shape index (κ3) is 4.80. The van der Waals surface area contributed by atoms with Crippen LogP contribution in [0.1, 0.15) is 38.2 Å². The highest BCUT2D eigenvalue weighted by atomic mass is 32.2. The van der Waals surface area contributed by atoms with E-state index >= 15 is 0 Å². The Morgan fingerprint density at radius 2 is 1.95 bits per heavy atom. The molecule has 0 heterocycles. The maximum Gasteiger partial charge on any atom is 0.235 e. The smallest absolute Gasteiger partial charge is 0.235 e. The lowest BCUT2D eigenvalue weighted by molar-refractivity contribution is -0.119. The molecule has 0 aliphatic heterocycles. The molecule has 4 nitrogen and oxygen atoms in total. The minimum Gasteiger partial charge on any atom is -0.352 e. The molecule has 1 aliphatic carbocycles. The van der Waals surface area contributed by atoms with Gasteiger partial charge in [0.25, 0.3) is 0 Å². The number of sulfone groups is 1. The zero-order chi connectivity index (χ0) is 16.2. The van der Waals surface area contributed by atoms with E-state index in [2.05, 4.69) is 12.2 Å². The largest absolute Gasteiger partial charge is 0.352 e. The molecule has 0 aromatic heterocycles. The number of carbonyl (C=O) groups excluding carboxylic acids is 1. The number of hydrogen-bond donors (Lipinski definition) is 1. The first-order chi connectivity index (χ1) is 10.4. The van der Waals surface area contributed by atoms with Crippen molar-refractivity contribution in [2.24, 2.45) is 5.92 Å². The summed E-state index contributed by atoms with van der Waals surface area (Å²) in [5.41, 5.74) is 0.0985. The molecular weight excluding hydrogens is 305 g/mol. The highest BCUT2D eigenvalue weighted by molar-refractivity contribution is 7.91. The summed E-state index contributed by atoms with van der Waals surface area (Å²) in [4.78, 5) is 12.0. The van der Waals surface area contributed by atoms with E-state index in [-0.39, 0.29) is 11.6 Å². The second-order valence-electron chi connectivity index (χ2n) is 6.06. The quantitative estimate of drug-likeness (QED) is 0.903. The zero-order valence-electron chi connectivity index (χ0n) is 12.7. The van der Waals surface area contributed by atoms with Crippen LogP contribution in [0, 0.1) is 11.7 Å². The number of halogens is 1. The molecule has 1 saturated carbocycles. The SMILES string of the molecule is CC1CCCCC1NC(=O)CS(=O)(=O)Cc1ccccc1F. The highest BCUT2D eigenvalue weighted by Crippen LogP contribution is 2.23. The van der Waals surface area contributed by atoms with E-state index in [0.29, 0.717) is 5.92 Å². The Morgan fingerprint density at radius 1 is 1.27 bits per heavy atom. The zero-order valence-corrected chi connectivity index (χ0v) is 13.5. The normalized spacial score (nSPS) is 22.3. The lowest BCUT2D eigenvalue weighted by atomic mass is 9.86. The molecule has 0 radical (unpaired) electrons. The Balaban J connectivity index is 1.93. The fourth-order valence-electron chi connectivity index (χ4n) is 2.88. The molecule has 2 rings (SSSR count). The highest BCUT2D eigenvalue weighted by Gasteiger charge is 2.25.